The number of carboxylic acids is 1. The first-order valence-corrected chi connectivity index (χ1v) is 8.95. The lowest BCUT2D eigenvalue weighted by molar-refractivity contribution is -0.192. The molecule has 0 aromatic carbocycles. The van der Waals surface area contributed by atoms with Crippen LogP contribution in [0.3, 0.4) is 0 Å². The molecular weight excluding hydrogens is 373 g/mol. The van der Waals surface area contributed by atoms with Gasteiger partial charge < -0.3 is 20.1 Å². The molecule has 0 aliphatic carbocycles. The van der Waals surface area contributed by atoms with Crippen molar-refractivity contribution in [3.63, 3.8) is 0 Å². The second-order valence-corrected chi connectivity index (χ2v) is 7.51. The second kappa shape index (κ2) is 8.36. The average Bonchev–Trinajstić information content (AvgIpc) is 3.01. The SMILES string of the molecule is Cc1ccc(C(=O)N2CCOC3(CCNCC3)C2)s1.O=C(O)C(F)(F)F. The number of alkyl halides is 3. The van der Waals surface area contributed by atoms with Crippen molar-refractivity contribution in [1.82, 2.24) is 10.2 Å². The number of aryl methyl sites for hydroxylation is 1. The van der Waals surface area contributed by atoms with Gasteiger partial charge in [0.25, 0.3) is 5.91 Å². The van der Waals surface area contributed by atoms with Gasteiger partial charge in [-0.3, -0.25) is 4.79 Å². The maximum Gasteiger partial charge on any atom is 0.490 e. The number of thiophene rings is 1. The molecule has 1 aromatic heterocycles. The summed E-state index contributed by atoms with van der Waals surface area (Å²) in [5.74, 6) is -2.59. The Labute approximate surface area is 152 Å². The van der Waals surface area contributed by atoms with Gasteiger partial charge in [0.05, 0.1) is 23.6 Å². The van der Waals surface area contributed by atoms with Crippen molar-refractivity contribution in [2.24, 2.45) is 0 Å². The molecule has 0 radical (unpaired) electrons. The number of rotatable bonds is 1. The number of halogens is 3. The number of carbonyl (C=O) groups is 2. The zero-order chi connectivity index (χ0) is 19.4. The van der Waals surface area contributed by atoms with Crippen LogP contribution in [-0.2, 0) is 9.53 Å². The second-order valence-electron chi connectivity index (χ2n) is 6.22. The van der Waals surface area contributed by atoms with Gasteiger partial charge in [0, 0.05) is 11.4 Å². The van der Waals surface area contributed by atoms with Crippen LogP contribution in [0.2, 0.25) is 0 Å². The number of piperidine rings is 1. The van der Waals surface area contributed by atoms with Gasteiger partial charge in [-0.15, -0.1) is 11.3 Å². The molecule has 3 rings (SSSR count). The normalized spacial score (nSPS) is 19.6. The molecule has 1 spiro atoms. The van der Waals surface area contributed by atoms with E-state index in [0.717, 1.165) is 37.4 Å². The van der Waals surface area contributed by atoms with E-state index >= 15 is 0 Å². The van der Waals surface area contributed by atoms with Crippen molar-refractivity contribution in [2.75, 3.05) is 32.8 Å². The zero-order valence-electron chi connectivity index (χ0n) is 14.3. The summed E-state index contributed by atoms with van der Waals surface area (Å²) in [4.78, 5) is 25.4. The smallest absolute Gasteiger partial charge is 0.475 e. The van der Waals surface area contributed by atoms with Gasteiger partial charge in [0.1, 0.15) is 0 Å². The van der Waals surface area contributed by atoms with Gasteiger partial charge in [-0.1, -0.05) is 0 Å². The summed E-state index contributed by atoms with van der Waals surface area (Å²) in [6.45, 7) is 6.13. The molecule has 10 heteroatoms. The molecule has 0 saturated carbocycles. The Morgan fingerprint density at radius 3 is 2.42 bits per heavy atom. The highest BCUT2D eigenvalue weighted by atomic mass is 32.1. The largest absolute Gasteiger partial charge is 0.490 e. The monoisotopic (exact) mass is 394 g/mol. The maximum absolute atomic E-state index is 12.5. The standard InChI is InChI=1S/C14H20N2O2S.C2HF3O2/c1-11-2-3-12(19-11)13(17)16-8-9-18-14(10-16)4-6-15-7-5-14;3-2(4,5)1(6)7/h2-3,15H,4-10H2,1H3;(H,6,7). The average molecular weight is 394 g/mol. The fourth-order valence-electron chi connectivity index (χ4n) is 2.91. The molecule has 2 aliphatic rings. The summed E-state index contributed by atoms with van der Waals surface area (Å²) in [7, 11) is 0. The van der Waals surface area contributed by atoms with Crippen molar-refractivity contribution in [2.45, 2.75) is 31.5 Å². The molecule has 0 unspecified atom stereocenters. The molecule has 2 aliphatic heterocycles. The fraction of sp³-hybridized carbons (Fsp3) is 0.625. The van der Waals surface area contributed by atoms with E-state index in [0.29, 0.717) is 13.2 Å². The van der Waals surface area contributed by atoms with Gasteiger partial charge in [0.15, 0.2) is 0 Å². The van der Waals surface area contributed by atoms with Crippen LogP contribution in [0.1, 0.15) is 27.4 Å². The van der Waals surface area contributed by atoms with E-state index in [2.05, 4.69) is 5.32 Å². The van der Waals surface area contributed by atoms with Crippen molar-refractivity contribution in [3.05, 3.63) is 21.9 Å². The molecule has 1 aromatic rings. The molecule has 2 N–H and O–H groups in total. The van der Waals surface area contributed by atoms with Crippen molar-refractivity contribution in [1.29, 1.82) is 0 Å². The first-order chi connectivity index (χ1) is 12.1. The molecule has 2 fully saturated rings. The van der Waals surface area contributed by atoms with E-state index in [9.17, 15) is 18.0 Å². The van der Waals surface area contributed by atoms with E-state index < -0.39 is 12.1 Å². The Morgan fingerprint density at radius 1 is 1.31 bits per heavy atom. The Hall–Kier alpha value is -1.65. The number of carboxylic acid groups (broad SMARTS) is 1. The number of nitrogens with zero attached hydrogens (tertiary/aromatic N) is 1. The van der Waals surface area contributed by atoms with Gasteiger partial charge in [-0.05, 0) is 45.0 Å². The van der Waals surface area contributed by atoms with E-state index in [1.54, 1.807) is 11.3 Å². The Kier molecular flexibility index (Phi) is 6.64. The summed E-state index contributed by atoms with van der Waals surface area (Å²) < 4.78 is 37.7. The van der Waals surface area contributed by atoms with Crippen molar-refractivity contribution < 1.29 is 32.6 Å². The van der Waals surface area contributed by atoms with E-state index in [4.69, 9.17) is 14.6 Å². The number of morpholine rings is 1. The predicted molar refractivity (Wildman–Crippen MR) is 89.4 cm³/mol. The van der Waals surface area contributed by atoms with Crippen molar-refractivity contribution in [3.8, 4) is 0 Å². The molecule has 0 atom stereocenters. The Morgan fingerprint density at radius 2 is 1.92 bits per heavy atom. The summed E-state index contributed by atoms with van der Waals surface area (Å²) >= 11 is 1.58. The summed E-state index contributed by atoms with van der Waals surface area (Å²) in [6.07, 6.45) is -3.08. The number of hydrogen-bond acceptors (Lipinski definition) is 5. The number of amides is 1. The van der Waals surface area contributed by atoms with E-state index in [-0.39, 0.29) is 11.5 Å². The summed E-state index contributed by atoms with van der Waals surface area (Å²) in [5.41, 5.74) is -0.106. The van der Waals surface area contributed by atoms with Crippen LogP contribution in [0.25, 0.3) is 0 Å². The van der Waals surface area contributed by atoms with E-state index in [1.165, 1.54) is 4.88 Å². The number of carbonyl (C=O) groups excluding carboxylic acids is 1. The van der Waals surface area contributed by atoms with Crippen LogP contribution >= 0.6 is 11.3 Å². The lowest BCUT2D eigenvalue weighted by Gasteiger charge is -2.45. The molecular formula is C16H21F3N2O4S. The minimum atomic E-state index is -5.08. The highest BCUT2D eigenvalue weighted by Crippen LogP contribution is 2.29. The molecule has 1 amide bonds. The zero-order valence-corrected chi connectivity index (χ0v) is 15.1. The number of ether oxygens (including phenoxy) is 1. The highest BCUT2D eigenvalue weighted by Gasteiger charge is 2.39. The number of hydrogen-bond donors (Lipinski definition) is 2. The summed E-state index contributed by atoms with van der Waals surface area (Å²) in [5, 5.41) is 10.5. The van der Waals surface area contributed by atoms with Crippen molar-refractivity contribution >= 4 is 23.2 Å². The van der Waals surface area contributed by atoms with Gasteiger partial charge in [-0.25, -0.2) is 4.79 Å². The Bertz CT molecular complexity index is 636. The minimum absolute atomic E-state index is 0.106. The van der Waals surface area contributed by atoms with Crippen LogP contribution < -0.4 is 5.32 Å². The molecule has 0 bridgehead atoms. The van der Waals surface area contributed by atoms with Gasteiger partial charge in [-0.2, -0.15) is 13.2 Å². The van der Waals surface area contributed by atoms with Gasteiger partial charge >= 0.3 is 12.1 Å². The quantitative estimate of drug-likeness (QED) is 0.764. The van der Waals surface area contributed by atoms with E-state index in [1.807, 2.05) is 24.0 Å². The Balaban J connectivity index is 0.000000298. The topological polar surface area (TPSA) is 78.9 Å². The first-order valence-electron chi connectivity index (χ1n) is 8.13. The highest BCUT2D eigenvalue weighted by molar-refractivity contribution is 7.13. The molecule has 26 heavy (non-hydrogen) atoms. The molecule has 6 nitrogen and oxygen atoms in total. The van der Waals surface area contributed by atoms with Crippen LogP contribution in [0.15, 0.2) is 12.1 Å². The fourth-order valence-corrected chi connectivity index (χ4v) is 3.74. The molecule has 2 saturated heterocycles. The lowest BCUT2D eigenvalue weighted by atomic mass is 9.90. The lowest BCUT2D eigenvalue weighted by Crippen LogP contribution is -2.57. The third kappa shape index (κ3) is 5.42. The van der Waals surface area contributed by atoms with Crippen LogP contribution in [0, 0.1) is 6.92 Å². The van der Waals surface area contributed by atoms with Crippen LogP contribution in [0.4, 0.5) is 13.2 Å². The third-order valence-electron chi connectivity index (χ3n) is 4.24. The third-order valence-corrected chi connectivity index (χ3v) is 5.23. The predicted octanol–water partition coefficient (Wildman–Crippen LogP) is 2.28. The number of aliphatic carboxylic acids is 1. The molecule has 146 valence electrons. The first kappa shape index (κ1) is 20.7. The van der Waals surface area contributed by atoms with Crippen LogP contribution in [-0.4, -0.2) is 66.4 Å². The maximum atomic E-state index is 12.5. The molecule has 3 heterocycles. The summed E-state index contributed by atoms with van der Waals surface area (Å²) in [6, 6.07) is 3.95. The number of nitrogens with one attached hydrogen (secondary N) is 1. The van der Waals surface area contributed by atoms with Gasteiger partial charge in [0.2, 0.25) is 0 Å². The minimum Gasteiger partial charge on any atom is -0.475 e. The van der Waals surface area contributed by atoms with Crippen LogP contribution in [0.5, 0.6) is 0 Å².